The van der Waals surface area contributed by atoms with Crippen molar-refractivity contribution in [2.24, 2.45) is 0 Å². The normalized spacial score (nSPS) is 11.4. The molecule has 0 unspecified atom stereocenters. The van der Waals surface area contributed by atoms with Gasteiger partial charge in [-0.2, -0.15) is 4.31 Å². The predicted molar refractivity (Wildman–Crippen MR) is 95.3 cm³/mol. The van der Waals surface area contributed by atoms with Gasteiger partial charge in [-0.25, -0.2) is 8.42 Å². The number of nitrogens with one attached hydrogen (secondary N) is 1. The van der Waals surface area contributed by atoms with Gasteiger partial charge in [0.15, 0.2) is 0 Å². The van der Waals surface area contributed by atoms with Crippen molar-refractivity contribution >= 4 is 21.6 Å². The van der Waals surface area contributed by atoms with E-state index in [1.54, 1.807) is 32.2 Å². The summed E-state index contributed by atoms with van der Waals surface area (Å²) in [7, 11) is -2.24. The number of aromatic nitrogens is 1. The minimum absolute atomic E-state index is 0.0494. The van der Waals surface area contributed by atoms with Crippen molar-refractivity contribution in [3.05, 3.63) is 48.3 Å². The highest BCUT2D eigenvalue weighted by Gasteiger charge is 2.24. The standard InChI is InChI=1S/C17H21N3O4S/c1-4-20(5-2)25(22,23)14-8-9-16(24-3)15(11-14)17(21)19-13-7-6-10-18-12-13/h6-12H,4-5H2,1-3H3,(H,19,21). The molecule has 1 amide bonds. The fraction of sp³-hybridized carbons (Fsp3) is 0.294. The highest BCUT2D eigenvalue weighted by Crippen LogP contribution is 2.25. The number of ether oxygens (including phenoxy) is 1. The molecule has 2 aromatic rings. The summed E-state index contributed by atoms with van der Waals surface area (Å²) in [6.07, 6.45) is 3.09. The van der Waals surface area contributed by atoms with Crippen molar-refractivity contribution in [1.82, 2.24) is 9.29 Å². The third-order valence-electron chi connectivity index (χ3n) is 3.68. The Bertz CT molecular complexity index is 834. The zero-order chi connectivity index (χ0) is 18.4. The zero-order valence-electron chi connectivity index (χ0n) is 14.4. The number of anilines is 1. The first-order chi connectivity index (χ1) is 11.9. The summed E-state index contributed by atoms with van der Waals surface area (Å²) in [5.74, 6) is -0.179. The molecule has 2 rings (SSSR count). The van der Waals surface area contributed by atoms with E-state index in [9.17, 15) is 13.2 Å². The van der Waals surface area contributed by atoms with E-state index in [0.29, 0.717) is 24.5 Å². The number of pyridine rings is 1. The Balaban J connectivity index is 2.42. The maximum atomic E-state index is 12.7. The molecule has 7 nitrogen and oxygen atoms in total. The highest BCUT2D eigenvalue weighted by molar-refractivity contribution is 7.89. The highest BCUT2D eigenvalue weighted by atomic mass is 32.2. The lowest BCUT2D eigenvalue weighted by Gasteiger charge is -2.19. The number of carbonyl (C=O) groups is 1. The van der Waals surface area contributed by atoms with Crippen LogP contribution < -0.4 is 10.1 Å². The van der Waals surface area contributed by atoms with Crippen LogP contribution in [0.2, 0.25) is 0 Å². The van der Waals surface area contributed by atoms with Gasteiger partial charge in [-0.05, 0) is 30.3 Å². The molecule has 1 aromatic carbocycles. The van der Waals surface area contributed by atoms with E-state index < -0.39 is 15.9 Å². The van der Waals surface area contributed by atoms with Gasteiger partial charge in [0.2, 0.25) is 10.0 Å². The second-order valence-corrected chi connectivity index (χ2v) is 7.09. The third-order valence-corrected chi connectivity index (χ3v) is 5.72. The smallest absolute Gasteiger partial charge is 0.259 e. The van der Waals surface area contributed by atoms with Gasteiger partial charge in [0.05, 0.1) is 29.5 Å². The van der Waals surface area contributed by atoms with E-state index in [0.717, 1.165) is 0 Å². The predicted octanol–water partition coefficient (Wildman–Crippen LogP) is 2.37. The first-order valence-corrected chi connectivity index (χ1v) is 9.27. The first kappa shape index (κ1) is 18.9. The molecule has 0 atom stereocenters. The van der Waals surface area contributed by atoms with Crippen molar-refractivity contribution < 1.29 is 17.9 Å². The van der Waals surface area contributed by atoms with Gasteiger partial charge < -0.3 is 10.1 Å². The van der Waals surface area contributed by atoms with Gasteiger partial charge in [0, 0.05) is 19.3 Å². The Morgan fingerprint density at radius 3 is 2.52 bits per heavy atom. The number of nitrogens with zero attached hydrogens (tertiary/aromatic N) is 2. The molecule has 0 saturated heterocycles. The van der Waals surface area contributed by atoms with Crippen LogP contribution in [0.15, 0.2) is 47.6 Å². The molecule has 1 aromatic heterocycles. The SMILES string of the molecule is CCN(CC)S(=O)(=O)c1ccc(OC)c(C(=O)Nc2cccnc2)c1. The summed E-state index contributed by atoms with van der Waals surface area (Å²) in [6, 6.07) is 7.63. The van der Waals surface area contributed by atoms with E-state index in [1.807, 2.05) is 0 Å². The number of amides is 1. The number of carbonyl (C=O) groups excluding carboxylic acids is 1. The summed E-state index contributed by atoms with van der Waals surface area (Å²) in [5.41, 5.74) is 0.645. The number of sulfonamides is 1. The van der Waals surface area contributed by atoms with Gasteiger partial charge in [-0.1, -0.05) is 13.8 Å². The number of hydrogen-bond donors (Lipinski definition) is 1. The summed E-state index contributed by atoms with van der Waals surface area (Å²) in [6.45, 7) is 4.23. The number of benzene rings is 1. The summed E-state index contributed by atoms with van der Waals surface area (Å²) in [4.78, 5) is 16.5. The van der Waals surface area contributed by atoms with Crippen molar-refractivity contribution in [2.45, 2.75) is 18.7 Å². The number of rotatable bonds is 7. The lowest BCUT2D eigenvalue weighted by molar-refractivity contribution is 0.102. The van der Waals surface area contributed by atoms with Crippen LogP contribution in [-0.4, -0.2) is 43.8 Å². The Kier molecular flexibility index (Phi) is 6.11. The Hall–Kier alpha value is -2.45. The minimum atomic E-state index is -3.67. The first-order valence-electron chi connectivity index (χ1n) is 7.83. The monoisotopic (exact) mass is 363 g/mol. The summed E-state index contributed by atoms with van der Waals surface area (Å²) >= 11 is 0. The van der Waals surface area contributed by atoms with Crippen molar-refractivity contribution in [1.29, 1.82) is 0 Å². The average Bonchev–Trinajstić information content (AvgIpc) is 2.62. The fourth-order valence-electron chi connectivity index (χ4n) is 2.37. The van der Waals surface area contributed by atoms with E-state index in [4.69, 9.17) is 4.74 Å². The van der Waals surface area contributed by atoms with Crippen LogP contribution in [0.1, 0.15) is 24.2 Å². The summed E-state index contributed by atoms with van der Waals surface area (Å²) < 4.78 is 31.9. The zero-order valence-corrected chi connectivity index (χ0v) is 15.2. The lowest BCUT2D eigenvalue weighted by Crippen LogP contribution is -2.30. The molecular weight excluding hydrogens is 342 g/mol. The molecule has 0 spiro atoms. The Morgan fingerprint density at radius 1 is 1.24 bits per heavy atom. The molecule has 0 aliphatic heterocycles. The maximum Gasteiger partial charge on any atom is 0.259 e. The van der Waals surface area contributed by atoms with Crippen LogP contribution in [0.3, 0.4) is 0 Å². The van der Waals surface area contributed by atoms with E-state index in [2.05, 4.69) is 10.3 Å². The van der Waals surface area contributed by atoms with Crippen molar-refractivity contribution in [2.75, 3.05) is 25.5 Å². The minimum Gasteiger partial charge on any atom is -0.496 e. The van der Waals surface area contributed by atoms with E-state index in [-0.39, 0.29) is 10.5 Å². The molecule has 0 fully saturated rings. The summed E-state index contributed by atoms with van der Waals surface area (Å²) in [5, 5.41) is 2.68. The van der Waals surface area contributed by atoms with Gasteiger partial charge in [0.1, 0.15) is 5.75 Å². The van der Waals surface area contributed by atoms with Gasteiger partial charge in [0.25, 0.3) is 5.91 Å². The lowest BCUT2D eigenvalue weighted by atomic mass is 10.2. The van der Waals surface area contributed by atoms with Crippen molar-refractivity contribution in [3.8, 4) is 5.75 Å². The van der Waals surface area contributed by atoms with Crippen LogP contribution in [0.4, 0.5) is 5.69 Å². The molecule has 134 valence electrons. The largest absolute Gasteiger partial charge is 0.496 e. The molecule has 8 heteroatoms. The maximum absolute atomic E-state index is 12.7. The molecule has 0 aliphatic rings. The van der Waals surface area contributed by atoms with Crippen LogP contribution in [0, 0.1) is 0 Å². The second-order valence-electron chi connectivity index (χ2n) is 5.15. The molecular formula is C17H21N3O4S. The van der Waals surface area contributed by atoms with Gasteiger partial charge in [-0.15, -0.1) is 0 Å². The second kappa shape index (κ2) is 8.09. The van der Waals surface area contributed by atoms with Gasteiger partial charge in [-0.3, -0.25) is 9.78 Å². The van der Waals surface area contributed by atoms with E-state index >= 15 is 0 Å². The topological polar surface area (TPSA) is 88.6 Å². The Morgan fingerprint density at radius 2 is 1.96 bits per heavy atom. The quantitative estimate of drug-likeness (QED) is 0.816. The molecule has 1 heterocycles. The van der Waals surface area contributed by atoms with Gasteiger partial charge >= 0.3 is 0 Å². The van der Waals surface area contributed by atoms with Crippen molar-refractivity contribution in [3.63, 3.8) is 0 Å². The number of methoxy groups -OCH3 is 1. The van der Waals surface area contributed by atoms with Crippen LogP contribution in [0.25, 0.3) is 0 Å². The molecule has 0 bridgehead atoms. The van der Waals surface area contributed by atoms with Crippen LogP contribution in [0.5, 0.6) is 5.75 Å². The molecule has 1 N–H and O–H groups in total. The van der Waals surface area contributed by atoms with Crippen LogP contribution >= 0.6 is 0 Å². The Labute approximate surface area is 147 Å². The average molecular weight is 363 g/mol. The fourth-order valence-corrected chi connectivity index (χ4v) is 3.86. The molecule has 0 radical (unpaired) electrons. The molecule has 0 saturated carbocycles. The third kappa shape index (κ3) is 4.15. The molecule has 25 heavy (non-hydrogen) atoms. The van der Waals surface area contributed by atoms with E-state index in [1.165, 1.54) is 35.8 Å². The van der Waals surface area contributed by atoms with Crippen LogP contribution in [-0.2, 0) is 10.0 Å². The number of hydrogen-bond acceptors (Lipinski definition) is 5. The molecule has 0 aliphatic carbocycles.